The average Bonchev–Trinajstić information content (AvgIpc) is 3.20. The number of aromatic nitrogens is 5. The fourth-order valence-corrected chi connectivity index (χ4v) is 2.11. The topological polar surface area (TPSA) is 164 Å². The van der Waals surface area contributed by atoms with Crippen LogP contribution in [0.3, 0.4) is 0 Å². The van der Waals surface area contributed by atoms with Gasteiger partial charge in [0, 0.05) is 12.1 Å². The van der Waals surface area contributed by atoms with Gasteiger partial charge in [0.2, 0.25) is 11.6 Å². The molecule has 0 amide bonds. The summed E-state index contributed by atoms with van der Waals surface area (Å²) in [6.45, 7) is 3.49. The number of nitrogen functional groups attached to an aromatic ring is 1. The second-order valence-electron chi connectivity index (χ2n) is 5.19. The number of nitrogens with zero attached hydrogens (tertiary/aromatic N) is 8. The Kier molecular flexibility index (Phi) is 4.47. The molecule has 26 heavy (non-hydrogen) atoms. The second kappa shape index (κ2) is 6.88. The number of hydrogen-bond donors (Lipinski definition) is 1. The van der Waals surface area contributed by atoms with E-state index in [0.29, 0.717) is 22.7 Å². The van der Waals surface area contributed by atoms with Gasteiger partial charge in [-0.05, 0) is 41.9 Å². The Morgan fingerprint density at radius 1 is 1.35 bits per heavy atom. The van der Waals surface area contributed by atoms with Crippen molar-refractivity contribution in [3.63, 3.8) is 0 Å². The van der Waals surface area contributed by atoms with Crippen molar-refractivity contribution in [2.45, 2.75) is 13.8 Å². The number of rotatable bonds is 5. The average molecular weight is 355 g/mol. The Bertz CT molecular complexity index is 1000. The summed E-state index contributed by atoms with van der Waals surface area (Å²) in [5.41, 5.74) is 8.00. The molecular weight excluding hydrogens is 342 g/mol. The van der Waals surface area contributed by atoms with E-state index in [2.05, 4.69) is 35.5 Å². The van der Waals surface area contributed by atoms with Crippen LogP contribution < -0.4 is 5.73 Å². The van der Waals surface area contributed by atoms with Crippen LogP contribution in [0.1, 0.15) is 23.9 Å². The van der Waals surface area contributed by atoms with Crippen LogP contribution in [0.2, 0.25) is 0 Å². The molecule has 0 saturated carbocycles. The normalized spacial score (nSPS) is 12.0. The maximum absolute atomic E-state index is 10.6. The molecule has 12 nitrogen and oxygen atoms in total. The number of hydrogen-bond acceptors (Lipinski definition) is 10. The van der Waals surface area contributed by atoms with Crippen molar-refractivity contribution in [3.05, 3.63) is 51.3 Å². The largest absolute Gasteiger partial charge is 0.378 e. The van der Waals surface area contributed by atoms with Crippen molar-refractivity contribution in [2.75, 3.05) is 5.73 Å². The summed E-state index contributed by atoms with van der Waals surface area (Å²) in [5.74, 6) is 0.332. The van der Waals surface area contributed by atoms with E-state index in [0.717, 1.165) is 0 Å². The predicted molar refractivity (Wildman–Crippen MR) is 91.3 cm³/mol. The molecule has 2 aromatic heterocycles. The number of anilines is 1. The van der Waals surface area contributed by atoms with Crippen molar-refractivity contribution >= 4 is 23.4 Å². The number of benzene rings is 1. The molecule has 0 spiro atoms. The maximum Gasteiger partial charge on any atom is 0.269 e. The van der Waals surface area contributed by atoms with E-state index < -0.39 is 4.92 Å². The zero-order chi connectivity index (χ0) is 18.7. The first-order chi connectivity index (χ1) is 12.5. The van der Waals surface area contributed by atoms with Crippen LogP contribution in [0, 0.1) is 17.0 Å². The van der Waals surface area contributed by atoms with Gasteiger partial charge in [0.1, 0.15) is 5.69 Å². The Labute approximate surface area is 146 Å². The quantitative estimate of drug-likeness (QED) is 0.406. The summed E-state index contributed by atoms with van der Waals surface area (Å²) < 4.78 is 5.94. The summed E-state index contributed by atoms with van der Waals surface area (Å²) in [5, 5.41) is 33.8. The minimum Gasteiger partial charge on any atom is -0.378 e. The highest BCUT2D eigenvalue weighted by Gasteiger charge is 2.17. The highest BCUT2D eigenvalue weighted by atomic mass is 16.6. The highest BCUT2D eigenvalue weighted by Crippen LogP contribution is 2.15. The highest BCUT2D eigenvalue weighted by molar-refractivity contribution is 5.98. The molecule has 0 aliphatic heterocycles. The van der Waals surface area contributed by atoms with Crippen LogP contribution in [0.15, 0.2) is 39.1 Å². The zero-order valence-electron chi connectivity index (χ0n) is 13.8. The fourth-order valence-electron chi connectivity index (χ4n) is 2.11. The predicted octanol–water partition coefficient (Wildman–Crippen LogP) is 1.29. The number of non-ortho nitro benzene ring substituents is 1. The van der Waals surface area contributed by atoms with Gasteiger partial charge in [0.25, 0.3) is 5.69 Å². The maximum atomic E-state index is 10.6. The Balaban J connectivity index is 1.79. The van der Waals surface area contributed by atoms with E-state index in [1.807, 2.05) is 0 Å². The molecule has 0 aliphatic rings. The third-order valence-corrected chi connectivity index (χ3v) is 3.45. The van der Waals surface area contributed by atoms with Crippen molar-refractivity contribution in [1.82, 2.24) is 25.3 Å². The molecular formula is C14H13N9O3. The molecule has 0 aliphatic carbocycles. The molecule has 2 N–H and O–H groups in total. The Hall–Kier alpha value is -3.96. The summed E-state index contributed by atoms with van der Waals surface area (Å²) in [6.07, 6.45) is 1.48. The zero-order valence-corrected chi connectivity index (χ0v) is 13.8. The molecule has 1 aromatic carbocycles. The van der Waals surface area contributed by atoms with Crippen molar-refractivity contribution < 1.29 is 9.55 Å². The van der Waals surface area contributed by atoms with E-state index in [9.17, 15) is 10.1 Å². The SMILES string of the molecule is C/C(=N/N=C/c1ccc([N+](=O)[O-])cc1)c1nnn(-c2nonc2N)c1C. The van der Waals surface area contributed by atoms with Gasteiger partial charge in [-0.15, -0.1) is 5.10 Å². The lowest BCUT2D eigenvalue weighted by molar-refractivity contribution is -0.384. The summed E-state index contributed by atoms with van der Waals surface area (Å²) in [6, 6.07) is 5.94. The smallest absolute Gasteiger partial charge is 0.269 e. The minimum absolute atomic E-state index is 0.00990. The Morgan fingerprint density at radius 2 is 2.08 bits per heavy atom. The molecule has 2 heterocycles. The third kappa shape index (κ3) is 3.28. The summed E-state index contributed by atoms with van der Waals surface area (Å²) in [4.78, 5) is 10.2. The minimum atomic E-state index is -0.466. The van der Waals surface area contributed by atoms with Crippen molar-refractivity contribution in [2.24, 2.45) is 10.2 Å². The number of nitro benzene ring substituents is 1. The van der Waals surface area contributed by atoms with Gasteiger partial charge in [-0.2, -0.15) is 14.9 Å². The molecule has 0 bridgehead atoms. The standard InChI is InChI=1S/C14H13N9O3/c1-8(17-16-7-10-3-5-11(6-4-10)23(24)25)12-9(2)22(21-18-12)14-13(15)19-26-20-14/h3-7H,1-2H3,(H2,15,19)/b16-7+,17-8-. The van der Waals surface area contributed by atoms with Gasteiger partial charge < -0.3 is 5.73 Å². The van der Waals surface area contributed by atoms with Gasteiger partial charge in [-0.3, -0.25) is 10.1 Å². The van der Waals surface area contributed by atoms with Crippen LogP contribution in [0.5, 0.6) is 0 Å². The van der Waals surface area contributed by atoms with Crippen molar-refractivity contribution in [3.8, 4) is 5.82 Å². The first-order valence-corrected chi connectivity index (χ1v) is 7.30. The van der Waals surface area contributed by atoms with Gasteiger partial charge >= 0.3 is 0 Å². The third-order valence-electron chi connectivity index (χ3n) is 3.45. The molecule has 0 saturated heterocycles. The van der Waals surface area contributed by atoms with Gasteiger partial charge in [-0.25, -0.2) is 4.63 Å². The van der Waals surface area contributed by atoms with Crippen LogP contribution in [0.4, 0.5) is 11.5 Å². The lowest BCUT2D eigenvalue weighted by atomic mass is 10.2. The summed E-state index contributed by atoms with van der Waals surface area (Å²) in [7, 11) is 0. The molecule has 0 unspecified atom stereocenters. The fraction of sp³-hybridized carbons (Fsp3) is 0.143. The van der Waals surface area contributed by atoms with Crippen LogP contribution >= 0.6 is 0 Å². The first kappa shape index (κ1) is 16.9. The van der Waals surface area contributed by atoms with Crippen molar-refractivity contribution in [1.29, 1.82) is 0 Å². The Morgan fingerprint density at radius 3 is 2.69 bits per heavy atom. The lowest BCUT2D eigenvalue weighted by Gasteiger charge is -1.98. The lowest BCUT2D eigenvalue weighted by Crippen LogP contribution is -2.04. The van der Waals surface area contributed by atoms with Crippen LogP contribution in [-0.4, -0.2) is 42.2 Å². The van der Waals surface area contributed by atoms with Gasteiger partial charge in [-0.1, -0.05) is 5.21 Å². The van der Waals surface area contributed by atoms with Gasteiger partial charge in [0.05, 0.1) is 22.5 Å². The number of nitro groups is 1. The molecule has 0 radical (unpaired) electrons. The van der Waals surface area contributed by atoms with Crippen LogP contribution in [0.25, 0.3) is 5.82 Å². The summed E-state index contributed by atoms with van der Waals surface area (Å²) >= 11 is 0. The molecule has 0 atom stereocenters. The van der Waals surface area contributed by atoms with E-state index >= 15 is 0 Å². The van der Waals surface area contributed by atoms with Gasteiger partial charge in [0.15, 0.2) is 0 Å². The molecule has 132 valence electrons. The monoisotopic (exact) mass is 355 g/mol. The van der Waals surface area contributed by atoms with E-state index in [1.54, 1.807) is 26.0 Å². The number of nitrogens with two attached hydrogens (primary N) is 1. The molecule has 3 rings (SSSR count). The van der Waals surface area contributed by atoms with E-state index in [4.69, 9.17) is 5.73 Å². The molecule has 3 aromatic rings. The van der Waals surface area contributed by atoms with E-state index in [-0.39, 0.29) is 17.3 Å². The van der Waals surface area contributed by atoms with Crippen LogP contribution in [-0.2, 0) is 0 Å². The second-order valence-corrected chi connectivity index (χ2v) is 5.19. The molecule has 0 fully saturated rings. The molecule has 12 heteroatoms. The van der Waals surface area contributed by atoms with E-state index in [1.165, 1.54) is 23.0 Å². The first-order valence-electron chi connectivity index (χ1n) is 7.30.